The number of allylic oxidation sites excluding steroid dienone is 2. The number of hydrogen-bond donors (Lipinski definition) is 0. The highest BCUT2D eigenvalue weighted by atomic mass is 15.5. The summed E-state index contributed by atoms with van der Waals surface area (Å²) in [4.78, 5) is 0. The van der Waals surface area contributed by atoms with Crippen molar-refractivity contribution in [3.05, 3.63) is 11.9 Å². The van der Waals surface area contributed by atoms with Crippen LogP contribution in [0.4, 0.5) is 0 Å². The van der Waals surface area contributed by atoms with Gasteiger partial charge < -0.3 is 0 Å². The second-order valence-corrected chi connectivity index (χ2v) is 2.10. The highest BCUT2D eigenvalue weighted by molar-refractivity contribution is 5.56. The van der Waals surface area contributed by atoms with E-state index in [1.54, 1.807) is 4.68 Å². The van der Waals surface area contributed by atoms with Gasteiger partial charge >= 0.3 is 0 Å². The number of rotatable bonds is 1. The molecule has 0 aliphatic carbocycles. The van der Waals surface area contributed by atoms with E-state index in [-0.39, 0.29) is 0 Å². The maximum atomic E-state index is 3.82. The molecule has 4 nitrogen and oxygen atoms in total. The molecule has 0 bridgehead atoms. The van der Waals surface area contributed by atoms with Gasteiger partial charge in [-0.1, -0.05) is 6.08 Å². The summed E-state index contributed by atoms with van der Waals surface area (Å²) in [6.07, 6.45) is 1.98. The Morgan fingerprint density at radius 3 is 2.70 bits per heavy atom. The Balaban J connectivity index is 3.05. The highest BCUT2D eigenvalue weighted by Gasteiger charge is 2.00. The van der Waals surface area contributed by atoms with Crippen molar-refractivity contribution in [1.82, 2.24) is 20.2 Å². The Labute approximate surface area is 59.5 Å². The van der Waals surface area contributed by atoms with E-state index >= 15 is 0 Å². The van der Waals surface area contributed by atoms with Gasteiger partial charge in [0.05, 0.1) is 0 Å². The zero-order valence-electron chi connectivity index (χ0n) is 6.37. The third-order valence-corrected chi connectivity index (χ3v) is 1.41. The van der Waals surface area contributed by atoms with Crippen LogP contribution in [0.25, 0.3) is 5.57 Å². The summed E-state index contributed by atoms with van der Waals surface area (Å²) >= 11 is 0. The first-order chi connectivity index (χ1) is 4.75. The summed E-state index contributed by atoms with van der Waals surface area (Å²) in [5.74, 6) is 0.822. The standard InChI is InChI=1S/C6H10N4/c1-4-5(2)6-7-8-9-10(6)3/h4H,1-3H3. The third kappa shape index (κ3) is 1.05. The van der Waals surface area contributed by atoms with Crippen LogP contribution in [0.15, 0.2) is 6.08 Å². The lowest BCUT2D eigenvalue weighted by molar-refractivity contribution is 0.704. The molecule has 1 rings (SSSR count). The van der Waals surface area contributed by atoms with Gasteiger partial charge in [0.15, 0.2) is 5.82 Å². The minimum Gasteiger partial charge on any atom is -0.229 e. The van der Waals surface area contributed by atoms with Crippen molar-refractivity contribution < 1.29 is 0 Å². The lowest BCUT2D eigenvalue weighted by Gasteiger charge is -1.94. The number of aryl methyl sites for hydroxylation is 1. The molecule has 10 heavy (non-hydrogen) atoms. The van der Waals surface area contributed by atoms with Crippen molar-refractivity contribution in [3.8, 4) is 0 Å². The van der Waals surface area contributed by atoms with E-state index in [0.717, 1.165) is 11.4 Å². The van der Waals surface area contributed by atoms with Crippen LogP contribution in [-0.2, 0) is 7.05 Å². The van der Waals surface area contributed by atoms with Crippen molar-refractivity contribution in [2.75, 3.05) is 0 Å². The number of aromatic nitrogens is 4. The van der Waals surface area contributed by atoms with Crippen LogP contribution in [0.5, 0.6) is 0 Å². The number of hydrogen-bond acceptors (Lipinski definition) is 3. The van der Waals surface area contributed by atoms with Gasteiger partial charge in [-0.25, -0.2) is 4.68 Å². The van der Waals surface area contributed by atoms with Gasteiger partial charge in [0, 0.05) is 7.05 Å². The van der Waals surface area contributed by atoms with Crippen LogP contribution in [0.3, 0.4) is 0 Å². The second-order valence-electron chi connectivity index (χ2n) is 2.10. The fourth-order valence-electron chi connectivity index (χ4n) is 0.693. The fourth-order valence-corrected chi connectivity index (χ4v) is 0.693. The molecule has 0 amide bonds. The molecule has 0 atom stereocenters. The first-order valence-electron chi connectivity index (χ1n) is 3.11. The molecule has 0 aliphatic rings. The van der Waals surface area contributed by atoms with Crippen molar-refractivity contribution in [2.45, 2.75) is 13.8 Å². The zero-order chi connectivity index (χ0) is 7.56. The summed E-state index contributed by atoms with van der Waals surface area (Å²) in [7, 11) is 1.82. The highest BCUT2D eigenvalue weighted by Crippen LogP contribution is 2.05. The van der Waals surface area contributed by atoms with E-state index in [1.165, 1.54) is 0 Å². The maximum Gasteiger partial charge on any atom is 0.177 e. The molecule has 54 valence electrons. The van der Waals surface area contributed by atoms with Crippen LogP contribution in [0.2, 0.25) is 0 Å². The molecule has 0 aliphatic heterocycles. The number of tetrazole rings is 1. The molecule has 1 aromatic rings. The first-order valence-corrected chi connectivity index (χ1v) is 3.11. The smallest absolute Gasteiger partial charge is 0.177 e. The maximum absolute atomic E-state index is 3.82. The molecule has 0 unspecified atom stereocenters. The molecule has 0 N–H and O–H groups in total. The van der Waals surface area contributed by atoms with E-state index in [1.807, 2.05) is 27.0 Å². The van der Waals surface area contributed by atoms with Crippen molar-refractivity contribution >= 4 is 5.57 Å². The largest absolute Gasteiger partial charge is 0.229 e. The van der Waals surface area contributed by atoms with Gasteiger partial charge in [-0.05, 0) is 29.8 Å². The summed E-state index contributed by atoms with van der Waals surface area (Å²) in [6, 6.07) is 0. The molecule has 0 fully saturated rings. The van der Waals surface area contributed by atoms with Gasteiger partial charge in [-0.15, -0.1) is 5.10 Å². The van der Waals surface area contributed by atoms with E-state index in [2.05, 4.69) is 15.5 Å². The van der Waals surface area contributed by atoms with Crippen LogP contribution in [-0.4, -0.2) is 20.2 Å². The molecule has 0 aromatic carbocycles. The van der Waals surface area contributed by atoms with E-state index in [0.29, 0.717) is 0 Å². The van der Waals surface area contributed by atoms with Crippen LogP contribution in [0, 0.1) is 0 Å². The number of nitrogens with zero attached hydrogens (tertiary/aromatic N) is 4. The van der Waals surface area contributed by atoms with Gasteiger partial charge in [0.1, 0.15) is 0 Å². The molecule has 1 aromatic heterocycles. The van der Waals surface area contributed by atoms with E-state index < -0.39 is 0 Å². The lowest BCUT2D eigenvalue weighted by Crippen LogP contribution is -1.96. The molecule has 0 saturated carbocycles. The van der Waals surface area contributed by atoms with E-state index in [9.17, 15) is 0 Å². The van der Waals surface area contributed by atoms with Crippen LogP contribution >= 0.6 is 0 Å². The second kappa shape index (κ2) is 2.60. The molecular weight excluding hydrogens is 128 g/mol. The zero-order valence-corrected chi connectivity index (χ0v) is 6.37. The van der Waals surface area contributed by atoms with Gasteiger partial charge in [0.2, 0.25) is 0 Å². The minimum absolute atomic E-state index is 0.822. The van der Waals surface area contributed by atoms with Gasteiger partial charge in [-0.2, -0.15) is 0 Å². The molecule has 4 heteroatoms. The minimum atomic E-state index is 0.822. The van der Waals surface area contributed by atoms with E-state index in [4.69, 9.17) is 0 Å². The molecular formula is C6H10N4. The van der Waals surface area contributed by atoms with Crippen LogP contribution in [0.1, 0.15) is 19.7 Å². The quantitative estimate of drug-likeness (QED) is 0.571. The summed E-state index contributed by atoms with van der Waals surface area (Å²) in [5, 5.41) is 11.0. The SMILES string of the molecule is CC=C(C)c1nnnn1C. The Hall–Kier alpha value is -1.19. The summed E-state index contributed by atoms with van der Waals surface area (Å²) in [6.45, 7) is 3.94. The summed E-state index contributed by atoms with van der Waals surface area (Å²) < 4.78 is 1.65. The Bertz CT molecular complexity index is 248. The molecule has 0 saturated heterocycles. The van der Waals surface area contributed by atoms with Gasteiger partial charge in [-0.3, -0.25) is 0 Å². The summed E-state index contributed by atoms with van der Waals surface area (Å²) in [5.41, 5.74) is 1.09. The molecule has 0 radical (unpaired) electrons. The topological polar surface area (TPSA) is 43.6 Å². The average molecular weight is 138 g/mol. The lowest BCUT2D eigenvalue weighted by atomic mass is 10.3. The van der Waals surface area contributed by atoms with Crippen molar-refractivity contribution in [1.29, 1.82) is 0 Å². The monoisotopic (exact) mass is 138 g/mol. The third-order valence-electron chi connectivity index (χ3n) is 1.41. The normalized spacial score (nSPS) is 12.1. The predicted molar refractivity (Wildman–Crippen MR) is 38.1 cm³/mol. The fraction of sp³-hybridized carbons (Fsp3) is 0.500. The average Bonchev–Trinajstić information content (AvgIpc) is 2.34. The Morgan fingerprint density at radius 2 is 2.30 bits per heavy atom. The van der Waals surface area contributed by atoms with Crippen LogP contribution < -0.4 is 0 Å². The van der Waals surface area contributed by atoms with Gasteiger partial charge in [0.25, 0.3) is 0 Å². The Morgan fingerprint density at radius 1 is 1.60 bits per heavy atom. The first kappa shape index (κ1) is 6.92. The Kier molecular flexibility index (Phi) is 1.80. The molecule has 1 heterocycles. The van der Waals surface area contributed by atoms with Crippen molar-refractivity contribution in [3.63, 3.8) is 0 Å². The van der Waals surface area contributed by atoms with Crippen molar-refractivity contribution in [2.24, 2.45) is 7.05 Å². The predicted octanol–water partition coefficient (Wildman–Crippen LogP) is 0.633. The molecule has 0 spiro atoms.